The highest BCUT2D eigenvalue weighted by Crippen LogP contribution is 2.31. The molecule has 0 amide bonds. The molecule has 3 aromatic heterocycles. The number of nitrogens with one attached hydrogen (secondary N) is 3. The molecule has 0 spiro atoms. The van der Waals surface area contributed by atoms with Crippen molar-refractivity contribution in [2.75, 3.05) is 78.8 Å². The number of benzene rings is 1. The number of hydrogen-bond donors (Lipinski definition) is 4. The van der Waals surface area contributed by atoms with Gasteiger partial charge in [0.25, 0.3) is 0 Å². The average Bonchev–Trinajstić information content (AvgIpc) is 3.30. The van der Waals surface area contributed by atoms with Gasteiger partial charge in [0.2, 0.25) is 17.4 Å². The van der Waals surface area contributed by atoms with E-state index in [4.69, 9.17) is 66.8 Å². The summed E-state index contributed by atoms with van der Waals surface area (Å²) in [6.45, 7) is 25.1. The van der Waals surface area contributed by atoms with E-state index in [1.807, 2.05) is 77.9 Å². The second-order valence-electron chi connectivity index (χ2n) is 14.8. The molecule has 364 valence electrons. The van der Waals surface area contributed by atoms with Crippen LogP contribution in [0.1, 0.15) is 91.5 Å². The highest BCUT2D eigenvalue weighted by atomic mass is 35.5. The van der Waals surface area contributed by atoms with Gasteiger partial charge in [0.05, 0.1) is 33.9 Å². The molecule has 0 aliphatic rings. The van der Waals surface area contributed by atoms with E-state index in [0.717, 1.165) is 39.6 Å². The number of pyridine rings is 3. The molecule has 0 radical (unpaired) electrons. The van der Waals surface area contributed by atoms with Crippen molar-refractivity contribution in [2.24, 2.45) is 5.73 Å². The first-order valence-corrected chi connectivity index (χ1v) is 23.1. The minimum Gasteiger partial charge on any atom is -0.497 e. The summed E-state index contributed by atoms with van der Waals surface area (Å²) in [4.78, 5) is 12.4. The van der Waals surface area contributed by atoms with Gasteiger partial charge in [-0.3, -0.25) is 0 Å². The molecule has 65 heavy (non-hydrogen) atoms. The number of nitrogens with zero attached hydrogens (tertiary/aromatic N) is 3. The molecule has 0 saturated carbocycles. The third-order valence-corrected chi connectivity index (χ3v) is 9.92. The number of methoxy groups -OCH3 is 2. The Hall–Kier alpha value is -3.71. The van der Waals surface area contributed by atoms with E-state index < -0.39 is 17.4 Å². The van der Waals surface area contributed by atoms with Crippen molar-refractivity contribution >= 4 is 29.0 Å². The first-order valence-electron chi connectivity index (χ1n) is 22.4. The Kier molecular flexibility index (Phi) is 27.0. The van der Waals surface area contributed by atoms with Crippen molar-refractivity contribution in [3.8, 4) is 11.5 Å². The number of halogens is 2. The Bertz CT molecular complexity index is 1890. The predicted molar refractivity (Wildman–Crippen MR) is 260 cm³/mol. The topological polar surface area (TPSA) is 175 Å². The second-order valence-corrected chi connectivity index (χ2v) is 15.6. The highest BCUT2D eigenvalue weighted by Gasteiger charge is 2.36. The number of nitrogens with two attached hydrogens (primary N) is 1. The van der Waals surface area contributed by atoms with Crippen LogP contribution < -0.4 is 31.2 Å². The Labute approximate surface area is 398 Å². The molecule has 5 N–H and O–H groups in total. The van der Waals surface area contributed by atoms with Crippen LogP contribution in [0.5, 0.6) is 11.5 Å². The van der Waals surface area contributed by atoms with Gasteiger partial charge < -0.3 is 59.6 Å². The van der Waals surface area contributed by atoms with Crippen molar-refractivity contribution < 1.29 is 37.9 Å². The SMILES string of the molecule is CCOC(CN)(OCC)c1ccnc(Cl)c1.CCOC(CNC(C)C)(OCC)c1ccnc(Cl)c1.CCOC(CNC(C)C)(OCC)c1ccnc(NCc2ccc(OC)cc2OC)c1. The molecule has 0 fully saturated rings. The monoisotopic (exact) mass is 948 g/mol. The average molecular weight is 949 g/mol. The number of hydrogen-bond acceptors (Lipinski definition) is 15. The third-order valence-electron chi connectivity index (χ3n) is 9.51. The predicted octanol–water partition coefficient (Wildman–Crippen LogP) is 8.81. The summed E-state index contributed by atoms with van der Waals surface area (Å²) >= 11 is 11.8. The van der Waals surface area contributed by atoms with Crippen LogP contribution in [-0.4, -0.2) is 101 Å². The van der Waals surface area contributed by atoms with E-state index in [9.17, 15) is 0 Å². The molecule has 17 heteroatoms. The van der Waals surface area contributed by atoms with Crippen molar-refractivity contribution in [2.45, 2.75) is 105 Å². The van der Waals surface area contributed by atoms with Crippen LogP contribution in [0.2, 0.25) is 10.3 Å². The highest BCUT2D eigenvalue weighted by molar-refractivity contribution is 6.29. The first kappa shape index (κ1) is 57.4. The molecule has 3 heterocycles. The molecule has 15 nitrogen and oxygen atoms in total. The largest absolute Gasteiger partial charge is 0.497 e. The van der Waals surface area contributed by atoms with E-state index in [0.29, 0.717) is 81.7 Å². The van der Waals surface area contributed by atoms with E-state index in [1.54, 1.807) is 51.0 Å². The van der Waals surface area contributed by atoms with E-state index in [1.165, 1.54) is 0 Å². The maximum Gasteiger partial charge on any atom is 0.207 e. The number of aromatic nitrogens is 3. The number of anilines is 1. The molecule has 0 saturated heterocycles. The summed E-state index contributed by atoms with van der Waals surface area (Å²) in [5.74, 6) is -0.358. The number of ether oxygens (including phenoxy) is 8. The van der Waals surface area contributed by atoms with Gasteiger partial charge in [0.1, 0.15) is 27.6 Å². The van der Waals surface area contributed by atoms with Gasteiger partial charge in [-0.1, -0.05) is 50.9 Å². The lowest BCUT2D eigenvalue weighted by atomic mass is 10.1. The number of rotatable bonds is 27. The van der Waals surface area contributed by atoms with Gasteiger partial charge in [0, 0.05) is 105 Å². The molecular formula is C48H75Cl2N7O8. The van der Waals surface area contributed by atoms with Crippen LogP contribution in [0.3, 0.4) is 0 Å². The standard InChI is InChI=1S/C23H35N3O4.C14H23ClN2O2.C11H17ClN2O2/c1-7-29-23(30-8-2,16-26-17(3)4)19-11-12-24-22(13-19)25-15-18-9-10-20(27-5)14-21(18)28-6;1-5-18-14(19-6-2,10-17-11(3)4)12-7-8-16-13(15)9-12;1-3-15-11(8-13,16-4-2)9-5-6-14-10(12)7-9/h9-14,17,26H,7-8,15-16H2,1-6H3,(H,24,25);7-9,11,17H,5-6,10H2,1-4H3;5-7H,3-4,8,13H2,1-2H3. The van der Waals surface area contributed by atoms with Crippen LogP contribution in [0.4, 0.5) is 5.82 Å². The molecular weight excluding hydrogens is 873 g/mol. The van der Waals surface area contributed by atoms with E-state index in [-0.39, 0.29) is 6.54 Å². The summed E-state index contributed by atoms with van der Waals surface area (Å²) in [6.07, 6.45) is 5.05. The minimum atomic E-state index is -0.921. The van der Waals surface area contributed by atoms with E-state index in [2.05, 4.69) is 58.6 Å². The van der Waals surface area contributed by atoms with Crippen molar-refractivity contribution in [1.29, 1.82) is 0 Å². The van der Waals surface area contributed by atoms with Gasteiger partial charge in [-0.2, -0.15) is 0 Å². The maximum atomic E-state index is 6.11. The van der Waals surface area contributed by atoms with Gasteiger partial charge in [-0.05, 0) is 90.1 Å². The van der Waals surface area contributed by atoms with Crippen LogP contribution in [0.15, 0.2) is 73.2 Å². The summed E-state index contributed by atoms with van der Waals surface area (Å²) in [7, 11) is 3.29. The molecule has 0 aliphatic carbocycles. The summed E-state index contributed by atoms with van der Waals surface area (Å²) in [5.41, 5.74) is 9.34. The Morgan fingerprint density at radius 1 is 0.554 bits per heavy atom. The molecule has 0 aliphatic heterocycles. The lowest BCUT2D eigenvalue weighted by Crippen LogP contribution is -2.45. The Morgan fingerprint density at radius 3 is 1.35 bits per heavy atom. The maximum absolute atomic E-state index is 6.11. The van der Waals surface area contributed by atoms with E-state index >= 15 is 0 Å². The molecule has 0 bridgehead atoms. The van der Waals surface area contributed by atoms with Gasteiger partial charge in [-0.25, -0.2) is 15.0 Å². The zero-order valence-electron chi connectivity index (χ0n) is 40.6. The summed E-state index contributed by atoms with van der Waals surface area (Å²) in [5, 5.41) is 11.0. The fourth-order valence-corrected chi connectivity index (χ4v) is 6.92. The zero-order valence-corrected chi connectivity index (χ0v) is 42.1. The molecule has 1 aromatic carbocycles. The van der Waals surface area contributed by atoms with Crippen molar-refractivity contribution in [1.82, 2.24) is 25.6 Å². The van der Waals surface area contributed by atoms with Crippen LogP contribution in [-0.2, 0) is 52.3 Å². The quantitative estimate of drug-likeness (QED) is 0.0330. The first-order chi connectivity index (χ1) is 31.2. The van der Waals surface area contributed by atoms with Gasteiger partial charge in [-0.15, -0.1) is 0 Å². The Morgan fingerprint density at radius 2 is 0.969 bits per heavy atom. The van der Waals surface area contributed by atoms with Gasteiger partial charge in [0.15, 0.2) is 0 Å². The second kappa shape index (κ2) is 30.6. The summed E-state index contributed by atoms with van der Waals surface area (Å²) < 4.78 is 46.0. The minimum absolute atomic E-state index is 0.231. The fraction of sp³-hybridized carbons (Fsp3) is 0.562. The normalized spacial score (nSPS) is 11.8. The van der Waals surface area contributed by atoms with Gasteiger partial charge >= 0.3 is 0 Å². The van der Waals surface area contributed by atoms with Crippen molar-refractivity contribution in [3.05, 3.63) is 106 Å². The lowest BCUT2D eigenvalue weighted by molar-refractivity contribution is -0.240. The van der Waals surface area contributed by atoms with Crippen LogP contribution in [0.25, 0.3) is 0 Å². The molecule has 4 aromatic rings. The third kappa shape index (κ3) is 18.5. The molecule has 0 unspecified atom stereocenters. The lowest BCUT2D eigenvalue weighted by Gasteiger charge is -2.34. The zero-order chi connectivity index (χ0) is 48.3. The Balaban J connectivity index is 0.000000358. The molecule has 0 atom stereocenters. The van der Waals surface area contributed by atoms with Crippen LogP contribution >= 0.6 is 23.2 Å². The molecule has 4 rings (SSSR count). The van der Waals surface area contributed by atoms with Crippen molar-refractivity contribution in [3.63, 3.8) is 0 Å². The summed E-state index contributed by atoms with van der Waals surface area (Å²) in [6, 6.07) is 17.5. The fourth-order valence-electron chi connectivity index (χ4n) is 6.57. The smallest absolute Gasteiger partial charge is 0.207 e. The van der Waals surface area contributed by atoms with Crippen LogP contribution in [0, 0.1) is 0 Å².